The Balaban J connectivity index is 1.14. The van der Waals surface area contributed by atoms with Crippen molar-refractivity contribution in [2.45, 2.75) is 36.5 Å². The van der Waals surface area contributed by atoms with Gasteiger partial charge in [0.2, 0.25) is 5.91 Å². The van der Waals surface area contributed by atoms with Crippen molar-refractivity contribution in [3.05, 3.63) is 95.1 Å². The van der Waals surface area contributed by atoms with Gasteiger partial charge in [0.05, 0.1) is 6.04 Å². The van der Waals surface area contributed by atoms with E-state index in [1.807, 2.05) is 11.8 Å². The molecule has 3 aromatic carbocycles. The van der Waals surface area contributed by atoms with E-state index in [0.717, 1.165) is 44.9 Å². The lowest BCUT2D eigenvalue weighted by Gasteiger charge is -2.36. The van der Waals surface area contributed by atoms with Crippen LogP contribution in [-0.4, -0.2) is 43.5 Å². The van der Waals surface area contributed by atoms with Crippen molar-refractivity contribution < 1.29 is 4.79 Å². The van der Waals surface area contributed by atoms with Crippen LogP contribution >= 0.6 is 11.8 Å². The molecule has 0 saturated carbocycles. The zero-order chi connectivity index (χ0) is 23.3. The van der Waals surface area contributed by atoms with Gasteiger partial charge in [0, 0.05) is 48.9 Å². The van der Waals surface area contributed by atoms with Crippen molar-refractivity contribution in [1.29, 1.82) is 0 Å². The molecule has 5 rings (SSSR count). The van der Waals surface area contributed by atoms with Crippen LogP contribution in [0.1, 0.15) is 41.1 Å². The number of aryl methyl sites for hydroxylation is 1. The van der Waals surface area contributed by atoms with Crippen LogP contribution in [0.15, 0.2) is 77.7 Å². The van der Waals surface area contributed by atoms with Gasteiger partial charge < -0.3 is 10.2 Å². The molecule has 2 aliphatic heterocycles. The molecule has 4 nitrogen and oxygen atoms in total. The van der Waals surface area contributed by atoms with Gasteiger partial charge in [-0.25, -0.2) is 0 Å². The summed E-state index contributed by atoms with van der Waals surface area (Å²) >= 11 is 1.86. The minimum Gasteiger partial charge on any atom is -0.369 e. The lowest BCUT2D eigenvalue weighted by Crippen LogP contribution is -2.46. The summed E-state index contributed by atoms with van der Waals surface area (Å²) in [6.45, 7) is 7.30. The average Bonchev–Trinajstić information content (AvgIpc) is 3.02. The van der Waals surface area contributed by atoms with Crippen LogP contribution in [0.3, 0.4) is 0 Å². The summed E-state index contributed by atoms with van der Waals surface area (Å²) in [6, 6.07) is 25.7. The molecule has 0 spiro atoms. The molecule has 0 aromatic heterocycles. The summed E-state index contributed by atoms with van der Waals surface area (Å²) in [5.74, 6) is 1.08. The molecule has 176 valence electrons. The molecule has 34 heavy (non-hydrogen) atoms. The summed E-state index contributed by atoms with van der Waals surface area (Å²) in [6.07, 6.45) is 1.45. The minimum absolute atomic E-state index is 0.0760. The second-order valence-corrected chi connectivity index (χ2v) is 10.3. The van der Waals surface area contributed by atoms with Gasteiger partial charge in [-0.05, 0) is 54.8 Å². The third kappa shape index (κ3) is 5.31. The number of carbonyl (C=O) groups is 1. The number of thioether (sulfide) groups is 1. The molecule has 1 atom stereocenters. The molecule has 3 aromatic rings. The number of hydrogen-bond donors (Lipinski definition) is 1. The Hall–Kier alpha value is -2.76. The molecule has 1 fully saturated rings. The molecule has 0 radical (unpaired) electrons. The fourth-order valence-electron chi connectivity index (χ4n) is 4.96. The molecule has 2 aliphatic rings. The van der Waals surface area contributed by atoms with Gasteiger partial charge >= 0.3 is 0 Å². The van der Waals surface area contributed by atoms with E-state index in [1.165, 1.54) is 32.8 Å². The SMILES string of the molecule is Cc1ccc(N2CCN(CCCC(=O)NC3c4ccccc4CSc4ccccc43)CC2)cc1. The molecule has 1 unspecified atom stereocenters. The quantitative estimate of drug-likeness (QED) is 0.522. The Kier molecular flexibility index (Phi) is 7.21. The van der Waals surface area contributed by atoms with E-state index in [9.17, 15) is 4.79 Å². The monoisotopic (exact) mass is 471 g/mol. The topological polar surface area (TPSA) is 35.6 Å². The van der Waals surface area contributed by atoms with Gasteiger partial charge in [0.25, 0.3) is 0 Å². The van der Waals surface area contributed by atoms with Crippen molar-refractivity contribution >= 4 is 23.4 Å². The number of anilines is 1. The van der Waals surface area contributed by atoms with Gasteiger partial charge in [-0.1, -0.05) is 60.2 Å². The number of fused-ring (bicyclic) bond motifs is 2. The smallest absolute Gasteiger partial charge is 0.220 e. The van der Waals surface area contributed by atoms with E-state index in [2.05, 4.69) is 94.8 Å². The molecule has 2 heterocycles. The predicted molar refractivity (Wildman–Crippen MR) is 141 cm³/mol. The highest BCUT2D eigenvalue weighted by molar-refractivity contribution is 7.98. The van der Waals surface area contributed by atoms with E-state index < -0.39 is 0 Å². The van der Waals surface area contributed by atoms with Crippen molar-refractivity contribution in [2.75, 3.05) is 37.6 Å². The summed E-state index contributed by atoms with van der Waals surface area (Å²) in [5, 5.41) is 3.36. The lowest BCUT2D eigenvalue weighted by atomic mass is 9.95. The molecule has 1 amide bonds. The second kappa shape index (κ2) is 10.7. The summed E-state index contributed by atoms with van der Waals surface area (Å²) in [7, 11) is 0. The highest BCUT2D eigenvalue weighted by atomic mass is 32.2. The number of rotatable bonds is 6. The van der Waals surface area contributed by atoms with Crippen LogP contribution in [0.25, 0.3) is 0 Å². The molecule has 1 N–H and O–H groups in total. The molecule has 0 bridgehead atoms. The maximum absolute atomic E-state index is 13.0. The Bertz CT molecular complexity index is 1070. The van der Waals surface area contributed by atoms with Crippen LogP contribution in [0.2, 0.25) is 0 Å². The van der Waals surface area contributed by atoms with Gasteiger partial charge in [-0.3, -0.25) is 9.69 Å². The highest BCUT2D eigenvalue weighted by Gasteiger charge is 2.25. The average molecular weight is 472 g/mol. The van der Waals surface area contributed by atoms with Crippen LogP contribution in [-0.2, 0) is 10.5 Å². The van der Waals surface area contributed by atoms with Crippen molar-refractivity contribution in [1.82, 2.24) is 10.2 Å². The van der Waals surface area contributed by atoms with Gasteiger partial charge in [0.15, 0.2) is 0 Å². The van der Waals surface area contributed by atoms with E-state index in [4.69, 9.17) is 0 Å². The fraction of sp³-hybridized carbons (Fsp3) is 0.345. The number of nitrogens with zero attached hydrogens (tertiary/aromatic N) is 2. The zero-order valence-corrected chi connectivity index (χ0v) is 20.7. The first-order valence-electron chi connectivity index (χ1n) is 12.3. The molecular weight excluding hydrogens is 438 g/mol. The normalized spacial score (nSPS) is 18.0. The fourth-order valence-corrected chi connectivity index (χ4v) is 6.06. The second-order valence-electron chi connectivity index (χ2n) is 9.29. The van der Waals surface area contributed by atoms with Crippen LogP contribution in [0.5, 0.6) is 0 Å². The first-order chi connectivity index (χ1) is 16.7. The first kappa shape index (κ1) is 23.0. The number of benzene rings is 3. The predicted octanol–water partition coefficient (Wildman–Crippen LogP) is 5.41. The molecule has 1 saturated heterocycles. The number of nitrogens with one attached hydrogen (secondary N) is 1. The number of amides is 1. The molecular formula is C29H33N3OS. The standard InChI is InChI=1S/C29H33N3OS/c1-22-12-14-24(15-13-22)32-19-17-31(18-20-32)16-6-11-28(33)30-29-25-8-3-2-7-23(25)21-34-27-10-5-4-9-26(27)29/h2-5,7-10,12-15,29H,6,11,16-21H2,1H3,(H,30,33). The van der Waals surface area contributed by atoms with Crippen molar-refractivity contribution in [3.8, 4) is 0 Å². The first-order valence-corrected chi connectivity index (χ1v) is 13.3. The van der Waals surface area contributed by atoms with E-state index in [-0.39, 0.29) is 11.9 Å². The Morgan fingerprint density at radius 2 is 1.62 bits per heavy atom. The number of carbonyl (C=O) groups excluding carboxylic acids is 1. The lowest BCUT2D eigenvalue weighted by molar-refractivity contribution is -0.121. The molecule has 0 aliphatic carbocycles. The van der Waals surface area contributed by atoms with Crippen LogP contribution < -0.4 is 10.2 Å². The van der Waals surface area contributed by atoms with Crippen LogP contribution in [0.4, 0.5) is 5.69 Å². The number of hydrogen-bond acceptors (Lipinski definition) is 4. The maximum Gasteiger partial charge on any atom is 0.220 e. The Labute approximate surface area is 207 Å². The Morgan fingerprint density at radius 1 is 0.912 bits per heavy atom. The highest BCUT2D eigenvalue weighted by Crippen LogP contribution is 2.39. The third-order valence-corrected chi connectivity index (χ3v) is 8.07. The van der Waals surface area contributed by atoms with Gasteiger partial charge in [0.1, 0.15) is 0 Å². The van der Waals surface area contributed by atoms with E-state index >= 15 is 0 Å². The van der Waals surface area contributed by atoms with E-state index in [1.54, 1.807) is 0 Å². The van der Waals surface area contributed by atoms with Crippen molar-refractivity contribution in [2.24, 2.45) is 0 Å². The summed E-state index contributed by atoms with van der Waals surface area (Å²) in [5.41, 5.74) is 6.35. The van der Waals surface area contributed by atoms with Gasteiger partial charge in [-0.2, -0.15) is 0 Å². The number of piperazine rings is 1. The molecule has 5 heteroatoms. The van der Waals surface area contributed by atoms with Crippen LogP contribution in [0, 0.1) is 6.92 Å². The van der Waals surface area contributed by atoms with Gasteiger partial charge in [-0.15, -0.1) is 11.8 Å². The maximum atomic E-state index is 13.0. The minimum atomic E-state index is -0.0760. The third-order valence-electron chi connectivity index (χ3n) is 6.93. The summed E-state index contributed by atoms with van der Waals surface area (Å²) in [4.78, 5) is 19.2. The Morgan fingerprint density at radius 3 is 2.41 bits per heavy atom. The van der Waals surface area contributed by atoms with E-state index in [0.29, 0.717) is 6.42 Å². The largest absolute Gasteiger partial charge is 0.369 e. The van der Waals surface area contributed by atoms with Crippen molar-refractivity contribution in [3.63, 3.8) is 0 Å². The summed E-state index contributed by atoms with van der Waals surface area (Å²) < 4.78 is 0. The zero-order valence-electron chi connectivity index (χ0n) is 19.9.